The lowest BCUT2D eigenvalue weighted by atomic mass is 9.87. The number of hydrogen-bond donors (Lipinski definition) is 2. The monoisotopic (exact) mass is 297 g/mol. The van der Waals surface area contributed by atoms with Gasteiger partial charge in [-0.15, -0.1) is 0 Å². The molecule has 0 aromatic heterocycles. The Morgan fingerprint density at radius 2 is 1.77 bits per heavy atom. The van der Waals surface area contributed by atoms with Crippen LogP contribution in [0.2, 0.25) is 0 Å². The van der Waals surface area contributed by atoms with Crippen molar-refractivity contribution in [1.29, 1.82) is 5.26 Å². The second-order valence-electron chi connectivity index (χ2n) is 6.20. The third-order valence-corrected chi connectivity index (χ3v) is 4.44. The van der Waals surface area contributed by atoms with E-state index < -0.39 is 5.41 Å². The Bertz CT molecular complexity index is 638. The average molecular weight is 297 g/mol. The Kier molecular flexibility index (Phi) is 3.84. The van der Waals surface area contributed by atoms with Crippen LogP contribution in [0.1, 0.15) is 38.5 Å². The van der Waals surface area contributed by atoms with E-state index in [0.717, 1.165) is 25.7 Å². The van der Waals surface area contributed by atoms with Crippen molar-refractivity contribution in [1.82, 2.24) is 0 Å². The van der Waals surface area contributed by atoms with Crippen molar-refractivity contribution in [2.45, 2.75) is 38.5 Å². The molecule has 1 aromatic rings. The van der Waals surface area contributed by atoms with Gasteiger partial charge in [0.1, 0.15) is 5.41 Å². The number of nitrogens with zero attached hydrogens (tertiary/aromatic N) is 1. The molecule has 22 heavy (non-hydrogen) atoms. The van der Waals surface area contributed by atoms with Crippen molar-refractivity contribution >= 4 is 23.2 Å². The van der Waals surface area contributed by atoms with Crippen molar-refractivity contribution in [3.63, 3.8) is 0 Å². The first kappa shape index (κ1) is 14.6. The van der Waals surface area contributed by atoms with Crippen LogP contribution in [0, 0.1) is 22.7 Å². The van der Waals surface area contributed by atoms with Crippen LogP contribution in [0.15, 0.2) is 24.3 Å². The predicted molar refractivity (Wildman–Crippen MR) is 82.9 cm³/mol. The minimum absolute atomic E-state index is 0.0350. The Balaban J connectivity index is 1.68. The van der Waals surface area contributed by atoms with Crippen LogP contribution in [-0.4, -0.2) is 11.8 Å². The number of rotatable bonds is 4. The highest BCUT2D eigenvalue weighted by Crippen LogP contribution is 2.38. The van der Waals surface area contributed by atoms with E-state index in [4.69, 9.17) is 0 Å². The van der Waals surface area contributed by atoms with Gasteiger partial charge in [0.25, 0.3) is 0 Å². The predicted octanol–water partition coefficient (Wildman–Crippen LogP) is 3.06. The lowest BCUT2D eigenvalue weighted by Crippen LogP contribution is -2.32. The quantitative estimate of drug-likeness (QED) is 0.896. The molecule has 1 aromatic carbocycles. The van der Waals surface area contributed by atoms with Crippen molar-refractivity contribution in [3.8, 4) is 6.07 Å². The lowest BCUT2D eigenvalue weighted by molar-refractivity contribution is -0.122. The lowest BCUT2D eigenvalue weighted by Gasteiger charge is -2.19. The number of hydrogen-bond acceptors (Lipinski definition) is 3. The highest BCUT2D eigenvalue weighted by atomic mass is 16.2. The van der Waals surface area contributed by atoms with E-state index in [9.17, 15) is 14.9 Å². The average Bonchev–Trinajstić information content (AvgIpc) is 3.25. The molecule has 3 rings (SSSR count). The fraction of sp³-hybridized carbons (Fsp3) is 0.471. The number of amides is 2. The van der Waals surface area contributed by atoms with Gasteiger partial charge in [-0.2, -0.15) is 5.26 Å². The molecule has 5 nitrogen and oxygen atoms in total. The second kappa shape index (κ2) is 5.80. The van der Waals surface area contributed by atoms with E-state index in [1.54, 1.807) is 24.3 Å². The van der Waals surface area contributed by atoms with Gasteiger partial charge in [-0.25, -0.2) is 0 Å². The van der Waals surface area contributed by atoms with Crippen LogP contribution in [0.3, 0.4) is 0 Å². The molecular weight excluding hydrogens is 278 g/mol. The zero-order chi connectivity index (χ0) is 15.6. The number of carbonyl (C=O) groups excluding carboxylic acids is 2. The molecule has 0 radical (unpaired) electrons. The summed E-state index contributed by atoms with van der Waals surface area (Å²) >= 11 is 0. The number of carbonyl (C=O) groups is 2. The molecule has 0 bridgehead atoms. The van der Waals surface area contributed by atoms with Gasteiger partial charge in [-0.05, 0) is 43.9 Å². The van der Waals surface area contributed by atoms with E-state index in [0.29, 0.717) is 24.2 Å². The Morgan fingerprint density at radius 1 is 1.14 bits per heavy atom. The van der Waals surface area contributed by atoms with Crippen molar-refractivity contribution in [3.05, 3.63) is 24.3 Å². The molecule has 2 fully saturated rings. The maximum atomic E-state index is 12.4. The van der Waals surface area contributed by atoms with Gasteiger partial charge in [0.2, 0.25) is 11.8 Å². The molecule has 0 spiro atoms. The molecule has 0 atom stereocenters. The van der Waals surface area contributed by atoms with E-state index in [2.05, 4.69) is 16.7 Å². The van der Waals surface area contributed by atoms with E-state index in [-0.39, 0.29) is 17.7 Å². The van der Waals surface area contributed by atoms with Crippen LogP contribution >= 0.6 is 0 Å². The van der Waals surface area contributed by atoms with Crippen LogP contribution in [0.4, 0.5) is 11.4 Å². The number of nitriles is 1. The number of anilines is 2. The normalized spacial score (nSPS) is 19.2. The third-order valence-electron chi connectivity index (χ3n) is 4.44. The summed E-state index contributed by atoms with van der Waals surface area (Å²) in [4.78, 5) is 24.2. The van der Waals surface area contributed by atoms with Gasteiger partial charge in [0.15, 0.2) is 0 Å². The van der Waals surface area contributed by atoms with Gasteiger partial charge in [-0.3, -0.25) is 9.59 Å². The maximum Gasteiger partial charge on any atom is 0.244 e. The molecule has 0 aliphatic heterocycles. The first-order chi connectivity index (χ1) is 10.6. The molecule has 0 heterocycles. The minimum Gasteiger partial charge on any atom is -0.326 e. The van der Waals surface area contributed by atoms with Gasteiger partial charge in [0, 0.05) is 17.3 Å². The topological polar surface area (TPSA) is 82.0 Å². The molecule has 0 saturated heterocycles. The smallest absolute Gasteiger partial charge is 0.244 e. The van der Waals surface area contributed by atoms with E-state index in [1.165, 1.54) is 0 Å². The van der Waals surface area contributed by atoms with Gasteiger partial charge >= 0.3 is 0 Å². The second-order valence-corrected chi connectivity index (χ2v) is 6.20. The molecule has 5 heteroatoms. The fourth-order valence-electron chi connectivity index (χ4n) is 2.88. The minimum atomic E-state index is -0.896. The third kappa shape index (κ3) is 2.96. The van der Waals surface area contributed by atoms with Crippen LogP contribution < -0.4 is 10.6 Å². The first-order valence-corrected chi connectivity index (χ1v) is 7.77. The maximum absolute atomic E-state index is 12.4. The Morgan fingerprint density at radius 3 is 2.36 bits per heavy atom. The Hall–Kier alpha value is -2.35. The molecule has 2 aliphatic carbocycles. The summed E-state index contributed by atoms with van der Waals surface area (Å²) in [6.07, 6.45) is 4.97. The summed E-state index contributed by atoms with van der Waals surface area (Å²) in [5.74, 6) is -0.0653. The van der Waals surface area contributed by atoms with Crippen LogP contribution in [-0.2, 0) is 9.59 Å². The van der Waals surface area contributed by atoms with Gasteiger partial charge in [-0.1, -0.05) is 18.9 Å². The first-order valence-electron chi connectivity index (χ1n) is 7.77. The highest BCUT2D eigenvalue weighted by Gasteiger charge is 2.41. The zero-order valence-electron chi connectivity index (χ0n) is 12.4. The summed E-state index contributed by atoms with van der Waals surface area (Å²) in [6.45, 7) is 0. The molecule has 2 saturated carbocycles. The van der Waals surface area contributed by atoms with E-state index in [1.807, 2.05) is 0 Å². The molecular formula is C17H19N3O2. The van der Waals surface area contributed by atoms with Gasteiger partial charge in [0.05, 0.1) is 6.07 Å². The van der Waals surface area contributed by atoms with Crippen molar-refractivity contribution in [2.24, 2.45) is 11.3 Å². The largest absolute Gasteiger partial charge is 0.326 e. The standard InChI is InChI=1S/C17H19N3O2/c18-11-17(8-1-2-9-17)16(22)20-14-5-3-4-13(10-14)19-15(21)12-6-7-12/h3-5,10,12H,1-2,6-9H2,(H,19,21)(H,20,22). The van der Waals surface area contributed by atoms with E-state index >= 15 is 0 Å². The SMILES string of the molecule is N#CC1(C(=O)Nc2cccc(NC(=O)C3CC3)c2)CCCC1. The van der Waals surface area contributed by atoms with Crippen molar-refractivity contribution < 1.29 is 9.59 Å². The Labute approximate surface area is 129 Å². The summed E-state index contributed by atoms with van der Waals surface area (Å²) in [6, 6.07) is 9.27. The molecule has 2 amide bonds. The fourth-order valence-corrected chi connectivity index (χ4v) is 2.88. The number of benzene rings is 1. The highest BCUT2D eigenvalue weighted by molar-refractivity contribution is 5.99. The number of nitrogens with one attached hydrogen (secondary N) is 2. The summed E-state index contributed by atoms with van der Waals surface area (Å²) in [5.41, 5.74) is 0.389. The summed E-state index contributed by atoms with van der Waals surface area (Å²) in [5, 5.41) is 15.0. The molecule has 0 unspecified atom stereocenters. The molecule has 2 N–H and O–H groups in total. The zero-order valence-corrected chi connectivity index (χ0v) is 12.4. The summed E-state index contributed by atoms with van der Waals surface area (Å²) < 4.78 is 0. The van der Waals surface area contributed by atoms with Gasteiger partial charge < -0.3 is 10.6 Å². The summed E-state index contributed by atoms with van der Waals surface area (Å²) in [7, 11) is 0. The van der Waals surface area contributed by atoms with Crippen LogP contribution in [0.25, 0.3) is 0 Å². The molecule has 114 valence electrons. The van der Waals surface area contributed by atoms with Crippen LogP contribution in [0.5, 0.6) is 0 Å². The molecule has 2 aliphatic rings. The van der Waals surface area contributed by atoms with Crippen molar-refractivity contribution in [2.75, 3.05) is 10.6 Å².